The van der Waals surface area contributed by atoms with E-state index in [0.717, 1.165) is 10.3 Å². The molecule has 67 valence electrons. The van der Waals surface area contributed by atoms with Gasteiger partial charge in [-0.3, -0.25) is 0 Å². The molecule has 0 unspecified atom stereocenters. The van der Waals surface area contributed by atoms with Crippen LogP contribution in [-0.4, -0.2) is 23.9 Å². The van der Waals surface area contributed by atoms with Crippen LogP contribution in [0.1, 0.15) is 0 Å². The lowest BCUT2D eigenvalue weighted by molar-refractivity contribution is 0.588. The SMILES string of the molecule is CS(=O)(=O)n1n[c]c2ccccc21. The highest BCUT2D eigenvalue weighted by Gasteiger charge is 2.10. The molecular weight excluding hydrogens is 188 g/mol. The van der Waals surface area contributed by atoms with Gasteiger partial charge < -0.3 is 0 Å². The first-order chi connectivity index (χ1) is 6.09. The van der Waals surface area contributed by atoms with Gasteiger partial charge in [0.15, 0.2) is 0 Å². The smallest absolute Gasteiger partial charge is 0.205 e. The number of aromatic nitrogens is 2. The summed E-state index contributed by atoms with van der Waals surface area (Å²) in [5.41, 5.74) is 0.560. The molecule has 0 aliphatic heterocycles. The minimum Gasteiger partial charge on any atom is -0.205 e. The molecule has 0 fully saturated rings. The lowest BCUT2D eigenvalue weighted by Crippen LogP contribution is -2.10. The average molecular weight is 195 g/mol. The molecule has 4 nitrogen and oxygen atoms in total. The van der Waals surface area contributed by atoms with Crippen molar-refractivity contribution in [3.63, 3.8) is 0 Å². The Bertz CT molecular complexity index is 542. The summed E-state index contributed by atoms with van der Waals surface area (Å²) in [6.07, 6.45) is 3.74. The van der Waals surface area contributed by atoms with E-state index >= 15 is 0 Å². The Labute approximate surface area is 75.8 Å². The maximum Gasteiger partial charge on any atom is 0.251 e. The molecule has 0 saturated carbocycles. The molecule has 0 bridgehead atoms. The maximum atomic E-state index is 11.2. The van der Waals surface area contributed by atoms with Crippen LogP contribution in [0.25, 0.3) is 10.9 Å². The van der Waals surface area contributed by atoms with Crippen LogP contribution < -0.4 is 0 Å². The summed E-state index contributed by atoms with van der Waals surface area (Å²) < 4.78 is 23.4. The summed E-state index contributed by atoms with van der Waals surface area (Å²) in [6.45, 7) is 0. The molecule has 2 aromatic rings. The molecule has 5 heteroatoms. The number of fused-ring (bicyclic) bond motifs is 1. The zero-order valence-electron chi connectivity index (χ0n) is 6.93. The molecule has 0 aliphatic carbocycles. The maximum absolute atomic E-state index is 11.2. The van der Waals surface area contributed by atoms with Gasteiger partial charge in [-0.2, -0.15) is 9.19 Å². The Morgan fingerprint density at radius 2 is 2.08 bits per heavy atom. The molecule has 2 rings (SSSR count). The fraction of sp³-hybridized carbons (Fsp3) is 0.125. The predicted molar refractivity (Wildman–Crippen MR) is 48.8 cm³/mol. The Kier molecular flexibility index (Phi) is 1.63. The summed E-state index contributed by atoms with van der Waals surface area (Å²) in [6, 6.07) is 7.04. The van der Waals surface area contributed by atoms with Crippen molar-refractivity contribution in [2.45, 2.75) is 0 Å². The molecule has 0 spiro atoms. The van der Waals surface area contributed by atoms with Gasteiger partial charge >= 0.3 is 0 Å². The minimum atomic E-state index is -3.31. The third-order valence-electron chi connectivity index (χ3n) is 1.69. The fourth-order valence-corrected chi connectivity index (χ4v) is 1.85. The van der Waals surface area contributed by atoms with Gasteiger partial charge in [0.1, 0.15) is 6.20 Å². The topological polar surface area (TPSA) is 52.0 Å². The summed E-state index contributed by atoms with van der Waals surface area (Å²) in [7, 11) is -3.31. The number of hydrogen-bond donors (Lipinski definition) is 0. The lowest BCUT2D eigenvalue weighted by atomic mass is 10.3. The summed E-state index contributed by atoms with van der Waals surface area (Å²) in [4.78, 5) is 0. The molecular formula is C8H7N2O2S. The van der Waals surface area contributed by atoms with Crippen LogP contribution in [-0.2, 0) is 10.0 Å². The van der Waals surface area contributed by atoms with Crippen LogP contribution in [0.4, 0.5) is 0 Å². The minimum absolute atomic E-state index is 0.560. The second-order valence-electron chi connectivity index (χ2n) is 2.73. The van der Waals surface area contributed by atoms with E-state index in [4.69, 9.17) is 0 Å². The second-order valence-corrected chi connectivity index (χ2v) is 4.55. The Morgan fingerprint density at radius 1 is 1.38 bits per heavy atom. The number of nitrogens with zero attached hydrogens (tertiary/aromatic N) is 2. The quantitative estimate of drug-likeness (QED) is 0.671. The summed E-state index contributed by atoms with van der Waals surface area (Å²) in [5.74, 6) is 0. The second kappa shape index (κ2) is 2.56. The standard InChI is InChI=1S/C8H7N2O2S/c1-13(11,12)10-8-5-3-2-4-7(8)6-9-10/h2-5H,1H3. The van der Waals surface area contributed by atoms with E-state index < -0.39 is 10.0 Å². The van der Waals surface area contributed by atoms with Gasteiger partial charge in [-0.05, 0) is 6.07 Å². The van der Waals surface area contributed by atoms with Crippen LogP contribution in [0, 0.1) is 6.20 Å². The molecule has 1 radical (unpaired) electrons. The highest BCUT2D eigenvalue weighted by molar-refractivity contribution is 7.89. The fourth-order valence-electron chi connectivity index (χ4n) is 1.14. The largest absolute Gasteiger partial charge is 0.251 e. The first-order valence-electron chi connectivity index (χ1n) is 3.65. The molecule has 0 aliphatic rings. The van der Waals surface area contributed by atoms with Crippen molar-refractivity contribution in [1.29, 1.82) is 0 Å². The molecule has 1 aromatic carbocycles. The van der Waals surface area contributed by atoms with Crippen LogP contribution >= 0.6 is 0 Å². The van der Waals surface area contributed by atoms with Crippen molar-refractivity contribution in [2.24, 2.45) is 0 Å². The molecule has 1 aromatic heterocycles. The first kappa shape index (κ1) is 8.25. The summed E-state index contributed by atoms with van der Waals surface area (Å²) >= 11 is 0. The molecule has 0 N–H and O–H groups in total. The monoisotopic (exact) mass is 195 g/mol. The van der Waals surface area contributed by atoms with Crippen LogP contribution in [0.2, 0.25) is 0 Å². The third-order valence-corrected chi connectivity index (χ3v) is 2.59. The van der Waals surface area contributed by atoms with E-state index in [2.05, 4.69) is 11.3 Å². The van der Waals surface area contributed by atoms with Gasteiger partial charge in [0.25, 0.3) is 10.0 Å². The van der Waals surface area contributed by atoms with E-state index in [1.54, 1.807) is 18.2 Å². The highest BCUT2D eigenvalue weighted by Crippen LogP contribution is 2.12. The number of benzene rings is 1. The van der Waals surface area contributed by atoms with E-state index in [0.29, 0.717) is 10.9 Å². The number of hydrogen-bond acceptors (Lipinski definition) is 3. The van der Waals surface area contributed by atoms with Crippen molar-refractivity contribution in [1.82, 2.24) is 9.19 Å². The molecule has 0 amide bonds. The van der Waals surface area contributed by atoms with E-state index in [9.17, 15) is 8.42 Å². The number of rotatable bonds is 1. The normalized spacial score (nSPS) is 12.1. The van der Waals surface area contributed by atoms with Crippen molar-refractivity contribution in [3.05, 3.63) is 30.5 Å². The third kappa shape index (κ3) is 1.31. The van der Waals surface area contributed by atoms with Gasteiger partial charge in [-0.15, -0.1) is 0 Å². The van der Waals surface area contributed by atoms with Crippen LogP contribution in [0.3, 0.4) is 0 Å². The lowest BCUT2D eigenvalue weighted by Gasteiger charge is -1.97. The van der Waals surface area contributed by atoms with E-state index in [1.807, 2.05) is 6.07 Å². The van der Waals surface area contributed by atoms with Crippen molar-refractivity contribution >= 4 is 20.9 Å². The number of para-hydroxylation sites is 1. The van der Waals surface area contributed by atoms with Crippen molar-refractivity contribution in [3.8, 4) is 0 Å². The average Bonchev–Trinajstić information content (AvgIpc) is 2.45. The van der Waals surface area contributed by atoms with E-state index in [-0.39, 0.29) is 0 Å². The van der Waals surface area contributed by atoms with Crippen LogP contribution in [0.5, 0.6) is 0 Å². The predicted octanol–water partition coefficient (Wildman–Crippen LogP) is 0.644. The zero-order valence-corrected chi connectivity index (χ0v) is 7.75. The van der Waals surface area contributed by atoms with Crippen LogP contribution in [0.15, 0.2) is 24.3 Å². The van der Waals surface area contributed by atoms with Crippen molar-refractivity contribution in [2.75, 3.05) is 6.26 Å². The zero-order chi connectivity index (χ0) is 9.47. The Morgan fingerprint density at radius 3 is 2.77 bits per heavy atom. The first-order valence-corrected chi connectivity index (χ1v) is 5.50. The van der Waals surface area contributed by atoms with Gasteiger partial charge in [-0.1, -0.05) is 18.2 Å². The summed E-state index contributed by atoms with van der Waals surface area (Å²) in [5, 5.41) is 4.37. The van der Waals surface area contributed by atoms with Crippen molar-refractivity contribution < 1.29 is 8.42 Å². The van der Waals surface area contributed by atoms with Gasteiger partial charge in [0.05, 0.1) is 11.8 Å². The highest BCUT2D eigenvalue weighted by atomic mass is 32.2. The molecule has 0 saturated heterocycles. The Balaban J connectivity index is 2.87. The van der Waals surface area contributed by atoms with Gasteiger partial charge in [-0.25, -0.2) is 8.42 Å². The van der Waals surface area contributed by atoms with Gasteiger partial charge in [0.2, 0.25) is 0 Å². The Hall–Kier alpha value is -1.36. The van der Waals surface area contributed by atoms with E-state index in [1.165, 1.54) is 0 Å². The molecule has 1 heterocycles. The van der Waals surface area contributed by atoms with Gasteiger partial charge in [0, 0.05) is 5.39 Å². The molecule has 0 atom stereocenters. The molecule has 13 heavy (non-hydrogen) atoms.